The lowest BCUT2D eigenvalue weighted by atomic mass is 9.77. The molecule has 1 amide bonds. The second-order valence-corrected chi connectivity index (χ2v) is 10.2. The fourth-order valence-corrected chi connectivity index (χ4v) is 6.35. The largest absolute Gasteiger partial charge is 0.376 e. The van der Waals surface area contributed by atoms with Crippen molar-refractivity contribution in [2.75, 3.05) is 16.0 Å². The number of para-hydroxylation sites is 2. The summed E-state index contributed by atoms with van der Waals surface area (Å²) in [5.41, 5.74) is 6.94. The molecule has 35 heavy (non-hydrogen) atoms. The van der Waals surface area contributed by atoms with Crippen LogP contribution in [0, 0.1) is 12.8 Å². The number of benzene rings is 3. The van der Waals surface area contributed by atoms with Crippen molar-refractivity contribution in [1.82, 2.24) is 0 Å². The number of nitrogens with one attached hydrogen (secondary N) is 3. The minimum absolute atomic E-state index is 0.0970. The Labute approximate surface area is 209 Å². The molecule has 1 aliphatic carbocycles. The maximum Gasteiger partial charge on any atom is 0.257 e. The molecule has 0 spiro atoms. The van der Waals surface area contributed by atoms with Crippen molar-refractivity contribution in [3.63, 3.8) is 0 Å². The van der Waals surface area contributed by atoms with Gasteiger partial charge in [-0.3, -0.25) is 4.79 Å². The summed E-state index contributed by atoms with van der Waals surface area (Å²) in [6, 6.07) is 26.3. The van der Waals surface area contributed by atoms with E-state index in [2.05, 4.69) is 52.5 Å². The molecule has 0 saturated heterocycles. The summed E-state index contributed by atoms with van der Waals surface area (Å²) in [7, 11) is 0. The standard InChI is InChI=1S/C30H27N3OS/c1-19-17-18-35-29(19)28-25-11-5-9-23(25)24-10-6-12-26(27(24)33-28)30(34)32-22-15-13-21(14-16-22)31-20-7-3-2-4-8-20/h2-10,12-18,23,25,28,31,33H,11H2,1H3,(H,32,34). The third-order valence-electron chi connectivity index (χ3n) is 7.03. The molecule has 1 aliphatic heterocycles. The van der Waals surface area contributed by atoms with Gasteiger partial charge < -0.3 is 16.0 Å². The van der Waals surface area contributed by atoms with Crippen LogP contribution in [0.15, 0.2) is 96.4 Å². The van der Waals surface area contributed by atoms with Crippen LogP contribution in [0.2, 0.25) is 0 Å². The molecular formula is C30H27N3OS. The summed E-state index contributed by atoms with van der Waals surface area (Å²) in [6.45, 7) is 2.18. The van der Waals surface area contributed by atoms with Gasteiger partial charge >= 0.3 is 0 Å². The maximum atomic E-state index is 13.4. The van der Waals surface area contributed by atoms with Crippen LogP contribution in [-0.2, 0) is 0 Å². The monoisotopic (exact) mass is 477 g/mol. The molecule has 0 radical (unpaired) electrons. The predicted molar refractivity (Wildman–Crippen MR) is 146 cm³/mol. The number of anilines is 4. The normalized spacial score (nSPS) is 20.0. The van der Waals surface area contributed by atoms with E-state index in [9.17, 15) is 4.79 Å². The molecule has 0 fully saturated rings. The van der Waals surface area contributed by atoms with E-state index in [4.69, 9.17) is 0 Å². The highest BCUT2D eigenvalue weighted by atomic mass is 32.1. The van der Waals surface area contributed by atoms with Crippen molar-refractivity contribution < 1.29 is 4.79 Å². The van der Waals surface area contributed by atoms with Gasteiger partial charge in [-0.2, -0.15) is 0 Å². The SMILES string of the molecule is Cc1ccsc1C1Nc2c(C(=O)Nc3ccc(Nc4ccccc4)cc3)cccc2C2C=CCC21. The number of allylic oxidation sites excluding steroid dienone is 2. The summed E-state index contributed by atoms with van der Waals surface area (Å²) in [5.74, 6) is 0.705. The Balaban J connectivity index is 1.25. The van der Waals surface area contributed by atoms with Gasteiger partial charge in [-0.25, -0.2) is 0 Å². The van der Waals surface area contributed by atoms with Gasteiger partial charge in [-0.05, 0) is 84.3 Å². The van der Waals surface area contributed by atoms with Gasteiger partial charge in [0.2, 0.25) is 0 Å². The van der Waals surface area contributed by atoms with Crippen LogP contribution in [-0.4, -0.2) is 5.91 Å². The van der Waals surface area contributed by atoms with Crippen molar-refractivity contribution >= 4 is 40.0 Å². The quantitative estimate of drug-likeness (QED) is 0.256. The van der Waals surface area contributed by atoms with Crippen molar-refractivity contribution in [3.05, 3.63) is 118 Å². The van der Waals surface area contributed by atoms with Gasteiger partial charge in [0, 0.05) is 27.9 Å². The van der Waals surface area contributed by atoms with Crippen molar-refractivity contribution in [1.29, 1.82) is 0 Å². The average molecular weight is 478 g/mol. The number of hydrogen-bond acceptors (Lipinski definition) is 4. The maximum absolute atomic E-state index is 13.4. The summed E-state index contributed by atoms with van der Waals surface area (Å²) >= 11 is 1.80. The van der Waals surface area contributed by atoms with Gasteiger partial charge in [0.15, 0.2) is 0 Å². The van der Waals surface area contributed by atoms with Crippen LogP contribution in [0.3, 0.4) is 0 Å². The highest BCUT2D eigenvalue weighted by molar-refractivity contribution is 7.10. The highest BCUT2D eigenvalue weighted by Crippen LogP contribution is 2.51. The number of fused-ring (bicyclic) bond motifs is 3. The van der Waals surface area contributed by atoms with E-state index in [-0.39, 0.29) is 11.9 Å². The number of carbonyl (C=O) groups excluding carboxylic acids is 1. The smallest absolute Gasteiger partial charge is 0.257 e. The molecule has 0 bridgehead atoms. The summed E-state index contributed by atoms with van der Waals surface area (Å²) in [5, 5.41) is 12.4. The van der Waals surface area contributed by atoms with E-state index in [1.54, 1.807) is 11.3 Å². The predicted octanol–water partition coefficient (Wildman–Crippen LogP) is 7.88. The molecule has 2 heterocycles. The number of aryl methyl sites for hydroxylation is 1. The Hall–Kier alpha value is -3.83. The van der Waals surface area contributed by atoms with Crippen LogP contribution >= 0.6 is 11.3 Å². The first kappa shape index (κ1) is 21.7. The molecule has 3 unspecified atom stereocenters. The Morgan fingerprint density at radius 3 is 2.46 bits per heavy atom. The lowest BCUT2D eigenvalue weighted by molar-refractivity contribution is 0.102. The fourth-order valence-electron chi connectivity index (χ4n) is 5.30. The van der Waals surface area contributed by atoms with Gasteiger partial charge in [0.25, 0.3) is 5.91 Å². The van der Waals surface area contributed by atoms with E-state index in [1.165, 1.54) is 16.0 Å². The second-order valence-electron chi connectivity index (χ2n) is 9.24. The Kier molecular flexibility index (Phi) is 5.63. The summed E-state index contributed by atoms with van der Waals surface area (Å²) < 4.78 is 0. The van der Waals surface area contributed by atoms with E-state index in [0.717, 1.165) is 29.2 Å². The lowest BCUT2D eigenvalue weighted by Crippen LogP contribution is -2.30. The first-order chi connectivity index (χ1) is 17.2. The molecule has 4 nitrogen and oxygen atoms in total. The van der Waals surface area contributed by atoms with Gasteiger partial charge in [-0.1, -0.05) is 42.5 Å². The van der Waals surface area contributed by atoms with Crippen molar-refractivity contribution in [2.45, 2.75) is 25.3 Å². The number of thiophene rings is 1. The van der Waals surface area contributed by atoms with E-state index < -0.39 is 0 Å². The molecule has 6 rings (SSSR count). The van der Waals surface area contributed by atoms with Crippen LogP contribution in [0.25, 0.3) is 0 Å². The zero-order valence-corrected chi connectivity index (χ0v) is 20.3. The number of hydrogen-bond donors (Lipinski definition) is 3. The molecule has 4 aromatic rings. The van der Waals surface area contributed by atoms with Gasteiger partial charge in [0.05, 0.1) is 17.3 Å². The second kappa shape index (κ2) is 9.08. The third-order valence-corrected chi connectivity index (χ3v) is 8.13. The van der Waals surface area contributed by atoms with Crippen LogP contribution in [0.1, 0.15) is 44.7 Å². The lowest BCUT2D eigenvalue weighted by Gasteiger charge is -2.38. The molecule has 2 aliphatic rings. The molecule has 3 aromatic carbocycles. The van der Waals surface area contributed by atoms with Crippen LogP contribution < -0.4 is 16.0 Å². The molecule has 1 aromatic heterocycles. The van der Waals surface area contributed by atoms with Crippen LogP contribution in [0.5, 0.6) is 0 Å². The molecule has 3 atom stereocenters. The Morgan fingerprint density at radius 2 is 1.69 bits per heavy atom. The highest BCUT2D eigenvalue weighted by Gasteiger charge is 2.40. The molecule has 3 N–H and O–H groups in total. The summed E-state index contributed by atoms with van der Waals surface area (Å²) in [4.78, 5) is 14.8. The molecular weight excluding hydrogens is 450 g/mol. The number of rotatable bonds is 5. The van der Waals surface area contributed by atoms with Gasteiger partial charge in [0.1, 0.15) is 0 Å². The molecule has 0 saturated carbocycles. The first-order valence-corrected chi connectivity index (χ1v) is 12.9. The third kappa shape index (κ3) is 4.13. The molecule has 174 valence electrons. The zero-order chi connectivity index (χ0) is 23.8. The number of amides is 1. The summed E-state index contributed by atoms with van der Waals surface area (Å²) in [6.07, 6.45) is 5.67. The first-order valence-electron chi connectivity index (χ1n) is 12.0. The average Bonchev–Trinajstić information content (AvgIpc) is 3.54. The Bertz CT molecular complexity index is 1390. The minimum atomic E-state index is -0.0970. The fraction of sp³-hybridized carbons (Fsp3) is 0.167. The van der Waals surface area contributed by atoms with E-state index in [1.807, 2.05) is 66.7 Å². The Morgan fingerprint density at radius 1 is 0.914 bits per heavy atom. The van der Waals surface area contributed by atoms with E-state index in [0.29, 0.717) is 17.4 Å². The number of carbonyl (C=O) groups is 1. The molecule has 5 heteroatoms. The van der Waals surface area contributed by atoms with E-state index >= 15 is 0 Å². The topological polar surface area (TPSA) is 53.2 Å². The minimum Gasteiger partial charge on any atom is -0.376 e. The van der Waals surface area contributed by atoms with Gasteiger partial charge in [-0.15, -0.1) is 11.3 Å². The zero-order valence-electron chi connectivity index (χ0n) is 19.5. The van der Waals surface area contributed by atoms with Crippen LogP contribution in [0.4, 0.5) is 22.7 Å². The van der Waals surface area contributed by atoms with Crippen molar-refractivity contribution in [3.8, 4) is 0 Å². The van der Waals surface area contributed by atoms with Crippen molar-refractivity contribution in [2.24, 2.45) is 5.92 Å².